The molecule has 0 spiro atoms. The van der Waals surface area contributed by atoms with Gasteiger partial charge in [-0.1, -0.05) is 25.0 Å². The van der Waals surface area contributed by atoms with Crippen LogP contribution in [-0.4, -0.2) is 29.5 Å². The van der Waals surface area contributed by atoms with Crippen molar-refractivity contribution in [1.29, 1.82) is 0 Å². The van der Waals surface area contributed by atoms with Crippen molar-refractivity contribution in [2.75, 3.05) is 7.11 Å². The topological polar surface area (TPSA) is 89.4 Å². The van der Waals surface area contributed by atoms with Gasteiger partial charge >= 0.3 is 0 Å². The van der Waals surface area contributed by atoms with Crippen LogP contribution in [0.25, 0.3) is 0 Å². The molecule has 2 aromatic rings. The standard InChI is InChI=1S/C23H29N3O4/c1-15(2)25-23(29)20-14-26(17-6-4-5-7-17)13-19(21(20)27)22(28)24-12-16-8-10-18(30-3)11-9-16/h8-11,13-15,17H,4-7,12H2,1-3H3,(H,24,28)(H,25,29). The van der Waals surface area contributed by atoms with E-state index in [1.54, 1.807) is 19.5 Å². The molecule has 3 rings (SSSR count). The monoisotopic (exact) mass is 411 g/mol. The van der Waals surface area contributed by atoms with E-state index in [-0.39, 0.29) is 29.8 Å². The van der Waals surface area contributed by atoms with E-state index in [1.165, 1.54) is 0 Å². The third-order valence-corrected chi connectivity index (χ3v) is 5.31. The molecule has 7 nitrogen and oxygen atoms in total. The highest BCUT2D eigenvalue weighted by atomic mass is 16.5. The van der Waals surface area contributed by atoms with Gasteiger partial charge in [0.15, 0.2) is 0 Å². The fourth-order valence-corrected chi connectivity index (χ4v) is 3.70. The van der Waals surface area contributed by atoms with Crippen LogP contribution in [-0.2, 0) is 6.54 Å². The number of hydrogen-bond donors (Lipinski definition) is 2. The van der Waals surface area contributed by atoms with Crippen molar-refractivity contribution in [3.8, 4) is 5.75 Å². The molecule has 1 fully saturated rings. The summed E-state index contributed by atoms with van der Waals surface area (Å²) < 4.78 is 7.00. The second-order valence-corrected chi connectivity index (χ2v) is 7.96. The maximum absolute atomic E-state index is 12.9. The summed E-state index contributed by atoms with van der Waals surface area (Å²) >= 11 is 0. The van der Waals surface area contributed by atoms with Crippen LogP contribution in [0, 0.1) is 0 Å². The van der Waals surface area contributed by atoms with Crippen LogP contribution >= 0.6 is 0 Å². The Hall–Kier alpha value is -3.09. The summed E-state index contributed by atoms with van der Waals surface area (Å²) in [6.07, 6.45) is 7.33. The molecule has 1 aromatic heterocycles. The molecule has 1 aliphatic rings. The molecule has 2 N–H and O–H groups in total. The average molecular weight is 412 g/mol. The summed E-state index contributed by atoms with van der Waals surface area (Å²) in [5.74, 6) is -0.207. The van der Waals surface area contributed by atoms with Gasteiger partial charge in [-0.15, -0.1) is 0 Å². The molecule has 0 atom stereocenters. The number of nitrogens with one attached hydrogen (secondary N) is 2. The minimum Gasteiger partial charge on any atom is -0.497 e. The first-order valence-corrected chi connectivity index (χ1v) is 10.4. The molecule has 0 bridgehead atoms. The van der Waals surface area contributed by atoms with Crippen molar-refractivity contribution in [2.24, 2.45) is 0 Å². The first kappa shape index (κ1) is 21.6. The zero-order chi connectivity index (χ0) is 21.7. The molecule has 0 saturated heterocycles. The Bertz CT molecular complexity index is 957. The van der Waals surface area contributed by atoms with Crippen LogP contribution in [0.1, 0.15) is 71.9 Å². The second-order valence-electron chi connectivity index (χ2n) is 7.96. The predicted molar refractivity (Wildman–Crippen MR) is 115 cm³/mol. The minimum absolute atomic E-state index is 0.00713. The highest BCUT2D eigenvalue weighted by Gasteiger charge is 2.23. The van der Waals surface area contributed by atoms with Gasteiger partial charge in [0, 0.05) is 31.0 Å². The second kappa shape index (κ2) is 9.61. The maximum Gasteiger partial charge on any atom is 0.257 e. The van der Waals surface area contributed by atoms with E-state index in [4.69, 9.17) is 4.74 Å². The van der Waals surface area contributed by atoms with Crippen molar-refractivity contribution in [1.82, 2.24) is 15.2 Å². The third-order valence-electron chi connectivity index (χ3n) is 5.31. The smallest absolute Gasteiger partial charge is 0.257 e. The molecule has 2 amide bonds. The Morgan fingerprint density at radius 1 is 1.07 bits per heavy atom. The van der Waals surface area contributed by atoms with E-state index in [1.807, 2.05) is 42.7 Å². The number of carbonyl (C=O) groups is 2. The molecule has 160 valence electrons. The number of carbonyl (C=O) groups excluding carboxylic acids is 2. The van der Waals surface area contributed by atoms with Gasteiger partial charge in [-0.25, -0.2) is 0 Å². The van der Waals surface area contributed by atoms with Crippen LogP contribution in [0.3, 0.4) is 0 Å². The summed E-state index contributed by atoms with van der Waals surface area (Å²) in [5.41, 5.74) is 0.336. The first-order chi connectivity index (χ1) is 14.4. The van der Waals surface area contributed by atoms with E-state index in [0.717, 1.165) is 37.0 Å². The van der Waals surface area contributed by atoms with Crippen LogP contribution in [0.4, 0.5) is 0 Å². The maximum atomic E-state index is 12.9. The van der Waals surface area contributed by atoms with Gasteiger partial charge in [0.2, 0.25) is 5.43 Å². The summed E-state index contributed by atoms with van der Waals surface area (Å²) in [6, 6.07) is 7.41. The van der Waals surface area contributed by atoms with Crippen molar-refractivity contribution < 1.29 is 14.3 Å². The van der Waals surface area contributed by atoms with Gasteiger partial charge in [-0.05, 0) is 44.4 Å². The minimum atomic E-state index is -0.547. The van der Waals surface area contributed by atoms with E-state index in [9.17, 15) is 14.4 Å². The molecule has 7 heteroatoms. The van der Waals surface area contributed by atoms with Crippen molar-refractivity contribution >= 4 is 11.8 Å². The Labute approximate surface area is 176 Å². The quantitative estimate of drug-likeness (QED) is 0.733. The molecule has 30 heavy (non-hydrogen) atoms. The van der Waals surface area contributed by atoms with E-state index >= 15 is 0 Å². The lowest BCUT2D eigenvalue weighted by Crippen LogP contribution is -2.37. The number of hydrogen-bond acceptors (Lipinski definition) is 4. The lowest BCUT2D eigenvalue weighted by atomic mass is 10.1. The lowest BCUT2D eigenvalue weighted by Gasteiger charge is -2.18. The average Bonchev–Trinajstić information content (AvgIpc) is 3.27. The van der Waals surface area contributed by atoms with Gasteiger partial charge < -0.3 is 19.9 Å². The number of amides is 2. The molecule has 0 radical (unpaired) electrons. The Morgan fingerprint density at radius 3 is 2.23 bits per heavy atom. The lowest BCUT2D eigenvalue weighted by molar-refractivity contribution is 0.0941. The molecular weight excluding hydrogens is 382 g/mol. The zero-order valence-electron chi connectivity index (χ0n) is 17.7. The molecule has 1 aromatic carbocycles. The molecule has 0 unspecified atom stereocenters. The van der Waals surface area contributed by atoms with Gasteiger partial charge in [0.05, 0.1) is 7.11 Å². The third kappa shape index (κ3) is 5.09. The van der Waals surface area contributed by atoms with Gasteiger partial charge in [-0.3, -0.25) is 14.4 Å². The van der Waals surface area contributed by atoms with Crippen LogP contribution < -0.4 is 20.8 Å². The van der Waals surface area contributed by atoms with Gasteiger partial charge in [-0.2, -0.15) is 0 Å². The first-order valence-electron chi connectivity index (χ1n) is 10.4. The number of nitrogens with zero attached hydrogens (tertiary/aromatic N) is 1. The molecular formula is C23H29N3O4. The number of ether oxygens (including phenoxy) is 1. The molecule has 1 saturated carbocycles. The Kier molecular flexibility index (Phi) is 6.92. The summed E-state index contributed by atoms with van der Waals surface area (Å²) in [7, 11) is 1.59. The fraction of sp³-hybridized carbons (Fsp3) is 0.435. The number of rotatable bonds is 7. The normalized spacial score (nSPS) is 14.0. The van der Waals surface area contributed by atoms with E-state index < -0.39 is 17.2 Å². The number of methoxy groups -OCH3 is 1. The number of benzene rings is 1. The van der Waals surface area contributed by atoms with Crippen LogP contribution in [0.5, 0.6) is 5.75 Å². The van der Waals surface area contributed by atoms with E-state index in [2.05, 4.69) is 10.6 Å². The van der Waals surface area contributed by atoms with Gasteiger partial charge in [0.1, 0.15) is 16.9 Å². The molecule has 0 aliphatic heterocycles. The van der Waals surface area contributed by atoms with E-state index in [0.29, 0.717) is 0 Å². The fourth-order valence-electron chi connectivity index (χ4n) is 3.70. The highest BCUT2D eigenvalue weighted by molar-refractivity contribution is 5.99. The molecule has 1 aliphatic carbocycles. The van der Waals surface area contributed by atoms with Crippen molar-refractivity contribution in [3.05, 3.63) is 63.6 Å². The van der Waals surface area contributed by atoms with Crippen molar-refractivity contribution in [3.63, 3.8) is 0 Å². The summed E-state index contributed by atoms with van der Waals surface area (Å²) in [4.78, 5) is 38.4. The van der Waals surface area contributed by atoms with Crippen LogP contribution in [0.15, 0.2) is 41.5 Å². The largest absolute Gasteiger partial charge is 0.497 e. The Morgan fingerprint density at radius 2 is 1.67 bits per heavy atom. The SMILES string of the molecule is COc1ccc(CNC(=O)c2cn(C3CCCC3)cc(C(=O)NC(C)C)c2=O)cc1. The zero-order valence-corrected chi connectivity index (χ0v) is 17.7. The van der Waals surface area contributed by atoms with Crippen molar-refractivity contribution in [2.45, 2.75) is 58.2 Å². The highest BCUT2D eigenvalue weighted by Crippen LogP contribution is 2.29. The molecule has 1 heterocycles. The van der Waals surface area contributed by atoms with Gasteiger partial charge in [0.25, 0.3) is 11.8 Å². The van der Waals surface area contributed by atoms with Crippen LogP contribution in [0.2, 0.25) is 0 Å². The number of aromatic nitrogens is 1. The Balaban J connectivity index is 1.86. The number of pyridine rings is 1. The summed E-state index contributed by atoms with van der Waals surface area (Å²) in [5, 5.41) is 5.55. The predicted octanol–water partition coefficient (Wildman–Crippen LogP) is 3.04. The summed E-state index contributed by atoms with van der Waals surface area (Å²) in [6.45, 7) is 3.94.